The van der Waals surface area contributed by atoms with E-state index in [0.717, 1.165) is 0 Å². The van der Waals surface area contributed by atoms with Crippen LogP contribution in [0.15, 0.2) is 12.2 Å². The molecule has 0 saturated heterocycles. The van der Waals surface area contributed by atoms with E-state index < -0.39 is 18.3 Å². The van der Waals surface area contributed by atoms with Crippen LogP contribution >= 0.6 is 0 Å². The second kappa shape index (κ2) is 5.86. The van der Waals surface area contributed by atoms with Crippen molar-refractivity contribution in [3.05, 3.63) is 12.2 Å². The van der Waals surface area contributed by atoms with E-state index in [2.05, 4.69) is 5.73 Å². The van der Waals surface area contributed by atoms with Crippen LogP contribution in [-0.4, -0.2) is 11.2 Å². The number of nitrogens with two attached hydrogens (primary N) is 1. The van der Waals surface area contributed by atoms with Gasteiger partial charge in [-0.05, 0) is 0 Å². The first-order chi connectivity index (χ1) is 4.37. The molecule has 0 aliphatic carbocycles. The molecule has 0 atom stereocenters. The Hall–Kier alpha value is -1.27. The lowest BCUT2D eigenvalue weighted by atomic mass is 11.1. The standard InChI is InChI=1S/C2F4.CH3NO2/c3-1(4)2(5)6;2-1(3)4/h;2H2,(H,3,4). The summed E-state index contributed by atoms with van der Waals surface area (Å²) in [7, 11) is 0. The van der Waals surface area contributed by atoms with Crippen LogP contribution in [0.1, 0.15) is 0 Å². The topological polar surface area (TPSA) is 63.3 Å². The summed E-state index contributed by atoms with van der Waals surface area (Å²) in [6.45, 7) is 0. The van der Waals surface area contributed by atoms with Crippen molar-refractivity contribution in [3.8, 4) is 0 Å². The molecule has 0 bridgehead atoms. The minimum atomic E-state index is -2.91. The largest absolute Gasteiger partial charge is 0.465 e. The summed E-state index contributed by atoms with van der Waals surface area (Å²) in [5, 5.41) is 7.19. The van der Waals surface area contributed by atoms with E-state index in [0.29, 0.717) is 0 Å². The van der Waals surface area contributed by atoms with Gasteiger partial charge in [-0.2, -0.15) is 17.6 Å². The van der Waals surface area contributed by atoms with Gasteiger partial charge in [-0.1, -0.05) is 0 Å². The highest BCUT2D eigenvalue weighted by molar-refractivity contribution is 5.61. The molecule has 60 valence electrons. The van der Waals surface area contributed by atoms with Crippen LogP contribution in [0.5, 0.6) is 0 Å². The number of primary amides is 1. The van der Waals surface area contributed by atoms with Crippen LogP contribution in [0.4, 0.5) is 22.4 Å². The van der Waals surface area contributed by atoms with Gasteiger partial charge in [0.25, 0.3) is 0 Å². The summed E-state index contributed by atoms with van der Waals surface area (Å²) < 4.78 is 41.1. The molecule has 7 heteroatoms. The van der Waals surface area contributed by atoms with Crippen molar-refractivity contribution in [2.24, 2.45) is 5.73 Å². The quantitative estimate of drug-likeness (QED) is 0.530. The summed E-state index contributed by atoms with van der Waals surface area (Å²) in [5.74, 6) is 0. The molecule has 0 aromatic carbocycles. The molecule has 0 aromatic rings. The molecule has 0 saturated carbocycles. The molecule has 0 aliphatic rings. The fraction of sp³-hybridized carbons (Fsp3) is 0. The number of halogens is 4. The van der Waals surface area contributed by atoms with Crippen LogP contribution in [0.2, 0.25) is 0 Å². The Labute approximate surface area is 52.7 Å². The summed E-state index contributed by atoms with van der Waals surface area (Å²) in [5.41, 5.74) is 4.03. The SMILES string of the molecule is FC(F)=C(F)F.NC(=O)O. The van der Waals surface area contributed by atoms with E-state index in [1.807, 2.05) is 0 Å². The summed E-state index contributed by atoms with van der Waals surface area (Å²) in [6.07, 6.45) is -7.15. The van der Waals surface area contributed by atoms with Gasteiger partial charge in [0.05, 0.1) is 0 Å². The molecule has 0 rings (SSSR count). The molecule has 10 heavy (non-hydrogen) atoms. The molecule has 0 fully saturated rings. The van der Waals surface area contributed by atoms with Crippen molar-refractivity contribution in [2.75, 3.05) is 0 Å². The second-order valence-corrected chi connectivity index (χ2v) is 0.859. The molecule has 0 aromatic heterocycles. The van der Waals surface area contributed by atoms with Gasteiger partial charge >= 0.3 is 18.3 Å². The third-order valence-corrected chi connectivity index (χ3v) is 0.143. The lowest BCUT2D eigenvalue weighted by Gasteiger charge is -1.69. The molecule has 1 amide bonds. The molecule has 0 unspecified atom stereocenters. The molecular formula is C3H3F4NO2. The number of carboxylic acid groups (broad SMARTS) is 1. The normalized spacial score (nSPS) is 7.20. The van der Waals surface area contributed by atoms with E-state index in [1.54, 1.807) is 0 Å². The minimum Gasteiger partial charge on any atom is -0.465 e. The average molecular weight is 161 g/mol. The van der Waals surface area contributed by atoms with Crippen LogP contribution in [-0.2, 0) is 0 Å². The van der Waals surface area contributed by atoms with E-state index in [4.69, 9.17) is 9.90 Å². The smallest absolute Gasteiger partial charge is 0.402 e. The number of rotatable bonds is 0. The van der Waals surface area contributed by atoms with Gasteiger partial charge in [0.15, 0.2) is 0 Å². The van der Waals surface area contributed by atoms with Crippen molar-refractivity contribution in [3.63, 3.8) is 0 Å². The Balaban J connectivity index is 0. The zero-order chi connectivity index (χ0) is 8.73. The number of amides is 1. The Morgan fingerprint density at radius 3 is 1.20 bits per heavy atom. The third-order valence-electron chi connectivity index (χ3n) is 0.143. The van der Waals surface area contributed by atoms with Crippen LogP contribution in [0.25, 0.3) is 0 Å². The van der Waals surface area contributed by atoms with Gasteiger partial charge < -0.3 is 10.8 Å². The van der Waals surface area contributed by atoms with Crippen molar-refractivity contribution < 1.29 is 27.5 Å². The molecule has 0 spiro atoms. The third kappa shape index (κ3) is 29.6. The minimum absolute atomic E-state index is 1.33. The van der Waals surface area contributed by atoms with Gasteiger partial charge in [0.1, 0.15) is 0 Å². The Bertz CT molecular complexity index is 123. The van der Waals surface area contributed by atoms with Crippen molar-refractivity contribution >= 4 is 6.09 Å². The first kappa shape index (κ1) is 11.5. The summed E-state index contributed by atoms with van der Waals surface area (Å²) >= 11 is 0. The van der Waals surface area contributed by atoms with E-state index in [9.17, 15) is 17.6 Å². The van der Waals surface area contributed by atoms with E-state index in [1.165, 1.54) is 0 Å². The molecule has 3 N–H and O–H groups in total. The number of hydrogen-bond donors (Lipinski definition) is 2. The second-order valence-electron chi connectivity index (χ2n) is 0.859. The van der Waals surface area contributed by atoms with Gasteiger partial charge in [-0.3, -0.25) is 0 Å². The summed E-state index contributed by atoms with van der Waals surface area (Å²) in [4.78, 5) is 8.78. The number of hydrogen-bond acceptors (Lipinski definition) is 1. The fourth-order valence-electron chi connectivity index (χ4n) is 0. The van der Waals surface area contributed by atoms with Gasteiger partial charge in [-0.15, -0.1) is 0 Å². The highest BCUT2D eigenvalue weighted by Gasteiger charge is 1.98. The average Bonchev–Trinajstić information content (AvgIpc) is 1.63. The van der Waals surface area contributed by atoms with Gasteiger partial charge in [-0.25, -0.2) is 4.79 Å². The maximum absolute atomic E-state index is 10.3. The van der Waals surface area contributed by atoms with Crippen LogP contribution in [0.3, 0.4) is 0 Å². The van der Waals surface area contributed by atoms with Crippen LogP contribution in [0, 0.1) is 0 Å². The fourth-order valence-corrected chi connectivity index (χ4v) is 0. The Morgan fingerprint density at radius 1 is 1.10 bits per heavy atom. The maximum Gasteiger partial charge on any atom is 0.402 e. The zero-order valence-corrected chi connectivity index (χ0v) is 4.44. The predicted molar refractivity (Wildman–Crippen MR) is 23.7 cm³/mol. The molecule has 3 nitrogen and oxygen atoms in total. The molecule has 0 radical (unpaired) electrons. The van der Waals surface area contributed by atoms with Crippen LogP contribution < -0.4 is 5.73 Å². The summed E-state index contributed by atoms with van der Waals surface area (Å²) in [6, 6.07) is 0. The van der Waals surface area contributed by atoms with E-state index >= 15 is 0 Å². The van der Waals surface area contributed by atoms with Gasteiger partial charge in [0.2, 0.25) is 0 Å². The van der Waals surface area contributed by atoms with Crippen molar-refractivity contribution in [1.82, 2.24) is 0 Å². The maximum atomic E-state index is 10.3. The van der Waals surface area contributed by atoms with Crippen molar-refractivity contribution in [2.45, 2.75) is 0 Å². The zero-order valence-electron chi connectivity index (χ0n) is 4.44. The highest BCUT2D eigenvalue weighted by atomic mass is 19.3. The monoisotopic (exact) mass is 161 g/mol. The highest BCUT2D eigenvalue weighted by Crippen LogP contribution is 2.08. The lowest BCUT2D eigenvalue weighted by Crippen LogP contribution is -2.03. The number of carbonyl (C=O) groups is 1. The molecule has 0 aliphatic heterocycles. The molecule has 0 heterocycles. The van der Waals surface area contributed by atoms with E-state index in [-0.39, 0.29) is 0 Å². The predicted octanol–water partition coefficient (Wildman–Crippen LogP) is 1.61. The van der Waals surface area contributed by atoms with Gasteiger partial charge in [0, 0.05) is 0 Å². The Morgan fingerprint density at radius 2 is 1.20 bits per heavy atom. The van der Waals surface area contributed by atoms with Crippen molar-refractivity contribution in [1.29, 1.82) is 0 Å². The Kier molecular flexibility index (Phi) is 6.75. The lowest BCUT2D eigenvalue weighted by molar-refractivity contribution is 0.205. The first-order valence-corrected chi connectivity index (χ1v) is 1.72. The first-order valence-electron chi connectivity index (χ1n) is 1.72. The molecular weight excluding hydrogens is 158 g/mol.